The van der Waals surface area contributed by atoms with Crippen molar-refractivity contribution in [2.24, 2.45) is 5.92 Å². The Morgan fingerprint density at radius 1 is 0.957 bits per heavy atom. The Bertz CT molecular complexity index is 639. The Hall–Kier alpha value is -1.15. The van der Waals surface area contributed by atoms with Crippen LogP contribution in [0.2, 0.25) is 0 Å². The van der Waals surface area contributed by atoms with E-state index >= 15 is 0 Å². The van der Waals surface area contributed by atoms with Crippen LogP contribution in [0.15, 0.2) is 46.9 Å². The molecule has 3 rings (SSSR count). The largest absolute Gasteiger partial charge is 0.206 e. The van der Waals surface area contributed by atoms with Crippen LogP contribution in [0.4, 0.5) is 4.39 Å². The van der Waals surface area contributed by atoms with Gasteiger partial charge in [-0.15, -0.1) is 0 Å². The fraction of sp³-hybridized carbons (Fsp3) is 0.429. The lowest BCUT2D eigenvalue weighted by Gasteiger charge is -2.28. The maximum atomic E-state index is 13.7. The molecule has 122 valence electrons. The third-order valence-corrected chi connectivity index (χ3v) is 5.82. The van der Waals surface area contributed by atoms with E-state index in [0.717, 1.165) is 17.0 Å². The molecule has 2 heteroatoms. The zero-order valence-electron chi connectivity index (χ0n) is 13.7. The van der Waals surface area contributed by atoms with E-state index in [1.807, 2.05) is 6.07 Å². The fourth-order valence-corrected chi connectivity index (χ4v) is 4.06. The average molecular weight is 375 g/mol. The first-order valence-corrected chi connectivity index (χ1v) is 9.52. The van der Waals surface area contributed by atoms with E-state index in [0.29, 0.717) is 10.4 Å². The normalized spacial score (nSPS) is 21.3. The van der Waals surface area contributed by atoms with Crippen molar-refractivity contribution in [1.29, 1.82) is 0 Å². The minimum atomic E-state index is -0.208. The lowest BCUT2D eigenvalue weighted by molar-refractivity contribution is 0.308. The molecule has 0 N–H and O–H groups in total. The second-order valence-corrected chi connectivity index (χ2v) is 7.61. The number of rotatable bonds is 4. The summed E-state index contributed by atoms with van der Waals surface area (Å²) in [4.78, 5) is 0. The highest BCUT2D eigenvalue weighted by Gasteiger charge is 2.21. The molecule has 0 spiro atoms. The summed E-state index contributed by atoms with van der Waals surface area (Å²) in [6.45, 7) is 2.29. The molecule has 23 heavy (non-hydrogen) atoms. The van der Waals surface area contributed by atoms with Gasteiger partial charge in [-0.3, -0.25) is 0 Å². The topological polar surface area (TPSA) is 0 Å². The molecule has 1 saturated carbocycles. The standard InChI is InChI=1S/C21H24BrF/c1-2-3-15-4-6-16(7-5-15)17-8-10-18(11-9-17)19-12-13-20(22)21(23)14-19/h8-16H,2-7H2,1H3. The molecule has 1 fully saturated rings. The molecule has 2 aromatic rings. The monoisotopic (exact) mass is 374 g/mol. The van der Waals surface area contributed by atoms with Crippen LogP contribution >= 0.6 is 15.9 Å². The maximum absolute atomic E-state index is 13.7. The average Bonchev–Trinajstić information content (AvgIpc) is 2.59. The van der Waals surface area contributed by atoms with Crippen LogP contribution in [-0.4, -0.2) is 0 Å². The van der Waals surface area contributed by atoms with Gasteiger partial charge < -0.3 is 0 Å². The Labute approximate surface area is 147 Å². The molecule has 0 aromatic heterocycles. The molecule has 1 aliphatic carbocycles. The first kappa shape index (κ1) is 16.7. The summed E-state index contributed by atoms with van der Waals surface area (Å²) in [6, 6.07) is 14.1. The SMILES string of the molecule is CCCC1CCC(c2ccc(-c3ccc(Br)c(F)c3)cc2)CC1. The van der Waals surface area contributed by atoms with Crippen molar-refractivity contribution < 1.29 is 4.39 Å². The fourth-order valence-electron chi connectivity index (χ4n) is 3.82. The van der Waals surface area contributed by atoms with Crippen LogP contribution in [0, 0.1) is 11.7 Å². The van der Waals surface area contributed by atoms with Gasteiger partial charge in [-0.05, 0) is 82.3 Å². The molecular formula is C21H24BrF. The zero-order chi connectivity index (χ0) is 16.2. The van der Waals surface area contributed by atoms with Gasteiger partial charge in [0.1, 0.15) is 5.82 Å². The molecule has 0 bridgehead atoms. The van der Waals surface area contributed by atoms with E-state index in [2.05, 4.69) is 47.1 Å². The molecule has 0 atom stereocenters. The van der Waals surface area contributed by atoms with Gasteiger partial charge in [-0.1, -0.05) is 50.1 Å². The summed E-state index contributed by atoms with van der Waals surface area (Å²) in [5, 5.41) is 0. The molecule has 0 aliphatic heterocycles. The first-order chi connectivity index (χ1) is 11.2. The second-order valence-electron chi connectivity index (χ2n) is 6.76. The second kappa shape index (κ2) is 7.61. The smallest absolute Gasteiger partial charge is 0.137 e. The van der Waals surface area contributed by atoms with Crippen LogP contribution in [0.25, 0.3) is 11.1 Å². The van der Waals surface area contributed by atoms with Gasteiger partial charge in [0.25, 0.3) is 0 Å². The molecule has 0 unspecified atom stereocenters. The van der Waals surface area contributed by atoms with Crippen molar-refractivity contribution in [3.63, 3.8) is 0 Å². The molecule has 1 aliphatic rings. The van der Waals surface area contributed by atoms with E-state index in [9.17, 15) is 4.39 Å². The summed E-state index contributed by atoms with van der Waals surface area (Å²) in [5.41, 5.74) is 3.46. The maximum Gasteiger partial charge on any atom is 0.137 e. The number of hydrogen-bond acceptors (Lipinski definition) is 0. The van der Waals surface area contributed by atoms with E-state index in [4.69, 9.17) is 0 Å². The third-order valence-electron chi connectivity index (χ3n) is 5.18. The van der Waals surface area contributed by atoms with Crippen molar-refractivity contribution >= 4 is 15.9 Å². The summed E-state index contributed by atoms with van der Waals surface area (Å²) >= 11 is 3.21. The zero-order valence-corrected chi connectivity index (χ0v) is 15.3. The van der Waals surface area contributed by atoms with Crippen LogP contribution in [-0.2, 0) is 0 Å². The van der Waals surface area contributed by atoms with Gasteiger partial charge in [0.2, 0.25) is 0 Å². The summed E-state index contributed by atoms with van der Waals surface area (Å²) in [5.74, 6) is 1.45. The van der Waals surface area contributed by atoms with Crippen LogP contribution in [0.5, 0.6) is 0 Å². The van der Waals surface area contributed by atoms with Gasteiger partial charge in [0, 0.05) is 0 Å². The number of hydrogen-bond donors (Lipinski definition) is 0. The minimum Gasteiger partial charge on any atom is -0.206 e. The third kappa shape index (κ3) is 4.03. The van der Waals surface area contributed by atoms with Gasteiger partial charge in [0.15, 0.2) is 0 Å². The Kier molecular flexibility index (Phi) is 5.53. The van der Waals surface area contributed by atoms with E-state index in [1.54, 1.807) is 12.1 Å². The van der Waals surface area contributed by atoms with Gasteiger partial charge >= 0.3 is 0 Å². The highest BCUT2D eigenvalue weighted by atomic mass is 79.9. The Morgan fingerprint density at radius 3 is 2.22 bits per heavy atom. The predicted octanol–water partition coefficient (Wildman–Crippen LogP) is 7.33. The van der Waals surface area contributed by atoms with Crippen molar-refractivity contribution in [2.45, 2.75) is 51.4 Å². The van der Waals surface area contributed by atoms with Crippen molar-refractivity contribution in [1.82, 2.24) is 0 Å². The van der Waals surface area contributed by atoms with E-state index in [-0.39, 0.29) is 5.82 Å². The van der Waals surface area contributed by atoms with Gasteiger partial charge in [-0.25, -0.2) is 4.39 Å². The summed E-state index contributed by atoms with van der Waals surface area (Å²) < 4.78 is 14.2. The Morgan fingerprint density at radius 2 is 1.61 bits per heavy atom. The lowest BCUT2D eigenvalue weighted by Crippen LogP contribution is -2.13. The highest BCUT2D eigenvalue weighted by Crippen LogP contribution is 2.38. The van der Waals surface area contributed by atoms with Crippen LogP contribution in [0.1, 0.15) is 56.9 Å². The summed E-state index contributed by atoms with van der Waals surface area (Å²) in [6.07, 6.45) is 8.08. The van der Waals surface area contributed by atoms with Crippen molar-refractivity contribution in [2.75, 3.05) is 0 Å². The van der Waals surface area contributed by atoms with Gasteiger partial charge in [-0.2, -0.15) is 0 Å². The predicted molar refractivity (Wildman–Crippen MR) is 99.1 cm³/mol. The number of benzene rings is 2. The van der Waals surface area contributed by atoms with Crippen molar-refractivity contribution in [3.8, 4) is 11.1 Å². The molecule has 2 aromatic carbocycles. The highest BCUT2D eigenvalue weighted by molar-refractivity contribution is 9.10. The summed E-state index contributed by atoms with van der Waals surface area (Å²) in [7, 11) is 0. The molecule has 0 amide bonds. The molecule has 0 nitrogen and oxygen atoms in total. The van der Waals surface area contributed by atoms with Gasteiger partial charge in [0.05, 0.1) is 4.47 Å². The number of halogens is 2. The minimum absolute atomic E-state index is 0.208. The van der Waals surface area contributed by atoms with Crippen LogP contribution in [0.3, 0.4) is 0 Å². The molecule has 0 heterocycles. The lowest BCUT2D eigenvalue weighted by atomic mass is 9.77. The molecule has 0 radical (unpaired) electrons. The van der Waals surface area contributed by atoms with E-state index in [1.165, 1.54) is 44.1 Å². The van der Waals surface area contributed by atoms with E-state index < -0.39 is 0 Å². The molecular weight excluding hydrogens is 351 g/mol. The Balaban J connectivity index is 1.69. The van der Waals surface area contributed by atoms with Crippen molar-refractivity contribution in [3.05, 3.63) is 58.3 Å². The molecule has 0 saturated heterocycles. The quantitative estimate of drug-likeness (QED) is 0.525. The first-order valence-electron chi connectivity index (χ1n) is 8.72. The van der Waals surface area contributed by atoms with Crippen LogP contribution < -0.4 is 0 Å².